The van der Waals surface area contributed by atoms with Crippen LogP contribution in [0.5, 0.6) is 0 Å². The molecule has 1 fully saturated rings. The van der Waals surface area contributed by atoms with Crippen molar-refractivity contribution in [2.75, 3.05) is 19.6 Å². The molecule has 0 aromatic carbocycles. The molecule has 0 bridgehead atoms. The van der Waals surface area contributed by atoms with Gasteiger partial charge in [-0.2, -0.15) is 9.40 Å². The van der Waals surface area contributed by atoms with Gasteiger partial charge >= 0.3 is 0 Å². The van der Waals surface area contributed by atoms with Gasteiger partial charge in [0, 0.05) is 39.1 Å². The van der Waals surface area contributed by atoms with E-state index in [1.165, 1.54) is 21.2 Å². The van der Waals surface area contributed by atoms with Crippen LogP contribution in [0.4, 0.5) is 0 Å². The SMILES string of the molecule is Cc1nn2cc(S(=O)(=O)N3CCNCC3c3nccn3C)cnc2c1Cl. The van der Waals surface area contributed by atoms with Gasteiger partial charge in [0.05, 0.1) is 24.1 Å². The Balaban J connectivity index is 1.78. The molecule has 1 aliphatic heterocycles. The lowest BCUT2D eigenvalue weighted by atomic mass is 10.2. The summed E-state index contributed by atoms with van der Waals surface area (Å²) in [7, 11) is -1.92. The van der Waals surface area contributed by atoms with Crippen molar-refractivity contribution in [3.05, 3.63) is 41.3 Å². The highest BCUT2D eigenvalue weighted by Gasteiger charge is 2.37. The molecule has 26 heavy (non-hydrogen) atoms. The minimum absolute atomic E-state index is 0.0743. The van der Waals surface area contributed by atoms with Crippen LogP contribution in [0.25, 0.3) is 5.65 Å². The predicted octanol–water partition coefficient (Wildman–Crippen LogP) is 0.760. The zero-order chi connectivity index (χ0) is 18.5. The summed E-state index contributed by atoms with van der Waals surface area (Å²) in [5.74, 6) is 0.688. The summed E-state index contributed by atoms with van der Waals surface area (Å²) in [6.07, 6.45) is 6.25. The van der Waals surface area contributed by atoms with Crippen LogP contribution in [0.2, 0.25) is 5.02 Å². The molecule has 138 valence electrons. The summed E-state index contributed by atoms with van der Waals surface area (Å²) in [4.78, 5) is 8.60. The highest BCUT2D eigenvalue weighted by molar-refractivity contribution is 7.89. The number of nitrogens with one attached hydrogen (secondary N) is 1. The van der Waals surface area contributed by atoms with E-state index in [0.29, 0.717) is 41.8 Å². The van der Waals surface area contributed by atoms with Crippen molar-refractivity contribution in [2.24, 2.45) is 7.05 Å². The molecular weight excluding hydrogens is 378 g/mol. The highest BCUT2D eigenvalue weighted by Crippen LogP contribution is 2.28. The van der Waals surface area contributed by atoms with E-state index in [2.05, 4.69) is 20.4 Å². The molecule has 0 saturated carbocycles. The molecule has 3 aromatic rings. The predicted molar refractivity (Wildman–Crippen MR) is 95.4 cm³/mol. The van der Waals surface area contributed by atoms with Gasteiger partial charge in [-0.05, 0) is 6.92 Å². The van der Waals surface area contributed by atoms with Crippen molar-refractivity contribution in [3.8, 4) is 0 Å². The van der Waals surface area contributed by atoms with E-state index in [9.17, 15) is 8.42 Å². The van der Waals surface area contributed by atoms with Crippen molar-refractivity contribution in [2.45, 2.75) is 17.9 Å². The van der Waals surface area contributed by atoms with E-state index in [1.807, 2.05) is 11.6 Å². The highest BCUT2D eigenvalue weighted by atomic mass is 35.5. The van der Waals surface area contributed by atoms with Crippen LogP contribution in [0.1, 0.15) is 17.6 Å². The molecule has 0 radical (unpaired) electrons. The number of fused-ring (bicyclic) bond motifs is 1. The maximum absolute atomic E-state index is 13.3. The van der Waals surface area contributed by atoms with Gasteiger partial charge in [-0.1, -0.05) is 11.6 Å². The Kier molecular flexibility index (Phi) is 4.22. The normalized spacial score (nSPS) is 19.3. The lowest BCUT2D eigenvalue weighted by molar-refractivity contribution is 0.258. The zero-order valence-corrected chi connectivity index (χ0v) is 15.9. The molecule has 1 unspecified atom stereocenters. The van der Waals surface area contributed by atoms with Crippen LogP contribution in [-0.4, -0.2) is 56.5 Å². The van der Waals surface area contributed by atoms with Crippen LogP contribution in [0, 0.1) is 6.92 Å². The third kappa shape index (κ3) is 2.69. The fourth-order valence-electron chi connectivity index (χ4n) is 3.16. The largest absolute Gasteiger partial charge is 0.337 e. The Morgan fingerprint density at radius 2 is 2.15 bits per heavy atom. The van der Waals surface area contributed by atoms with E-state index in [-0.39, 0.29) is 4.90 Å². The fourth-order valence-corrected chi connectivity index (χ4v) is 4.86. The first kappa shape index (κ1) is 17.4. The first-order valence-electron chi connectivity index (χ1n) is 8.10. The first-order valence-corrected chi connectivity index (χ1v) is 9.91. The Morgan fingerprint density at radius 1 is 1.35 bits per heavy atom. The van der Waals surface area contributed by atoms with Crippen molar-refractivity contribution in [3.63, 3.8) is 0 Å². The number of aryl methyl sites for hydroxylation is 2. The van der Waals surface area contributed by atoms with E-state index >= 15 is 0 Å². The fraction of sp³-hybridized carbons (Fsp3) is 0.400. The number of imidazole rings is 1. The first-order chi connectivity index (χ1) is 12.4. The second-order valence-electron chi connectivity index (χ2n) is 6.19. The van der Waals surface area contributed by atoms with Gasteiger partial charge in [-0.15, -0.1) is 0 Å². The topological polar surface area (TPSA) is 97.4 Å². The number of halogens is 1. The Bertz CT molecular complexity index is 1080. The zero-order valence-electron chi connectivity index (χ0n) is 14.3. The molecule has 1 atom stereocenters. The van der Waals surface area contributed by atoms with E-state index in [0.717, 1.165) is 0 Å². The van der Waals surface area contributed by atoms with Gasteiger partial charge in [0.15, 0.2) is 5.65 Å². The lowest BCUT2D eigenvalue weighted by Crippen LogP contribution is -2.49. The summed E-state index contributed by atoms with van der Waals surface area (Å²) in [5.41, 5.74) is 1.03. The molecule has 1 saturated heterocycles. The molecule has 11 heteroatoms. The van der Waals surface area contributed by atoms with Crippen molar-refractivity contribution in [1.82, 2.24) is 33.8 Å². The summed E-state index contributed by atoms with van der Waals surface area (Å²) < 4.78 is 31.3. The molecule has 3 aromatic heterocycles. The monoisotopic (exact) mass is 395 g/mol. The van der Waals surface area contributed by atoms with E-state index < -0.39 is 16.1 Å². The molecule has 0 aliphatic carbocycles. The third-order valence-corrected chi connectivity index (χ3v) is 6.81. The number of sulfonamides is 1. The lowest BCUT2D eigenvalue weighted by Gasteiger charge is -2.34. The molecule has 1 N–H and O–H groups in total. The van der Waals surface area contributed by atoms with Crippen molar-refractivity contribution in [1.29, 1.82) is 0 Å². The number of rotatable bonds is 3. The van der Waals surface area contributed by atoms with Crippen LogP contribution in [0.15, 0.2) is 29.7 Å². The maximum Gasteiger partial charge on any atom is 0.246 e. The van der Waals surface area contributed by atoms with Gasteiger partial charge < -0.3 is 9.88 Å². The average Bonchev–Trinajstić information content (AvgIpc) is 3.18. The van der Waals surface area contributed by atoms with Crippen molar-refractivity contribution < 1.29 is 8.42 Å². The van der Waals surface area contributed by atoms with Crippen LogP contribution < -0.4 is 5.32 Å². The van der Waals surface area contributed by atoms with Gasteiger partial charge in [0.2, 0.25) is 10.0 Å². The molecular formula is C15H18ClN7O2S. The standard InChI is InChI=1S/C15H18ClN7O2S/c1-10-13(16)15-19-7-11(9-22(15)20-10)26(24,25)23-6-3-17-8-12(23)14-18-4-5-21(14)2/h4-5,7,9,12,17H,3,6,8H2,1-2H3. The number of hydrogen-bond acceptors (Lipinski definition) is 6. The van der Waals surface area contributed by atoms with Gasteiger partial charge in [0.1, 0.15) is 15.7 Å². The maximum atomic E-state index is 13.3. The average molecular weight is 396 g/mol. The van der Waals surface area contributed by atoms with E-state index in [4.69, 9.17) is 11.6 Å². The summed E-state index contributed by atoms with van der Waals surface area (Å²) in [6, 6.07) is -0.396. The van der Waals surface area contributed by atoms with Gasteiger partial charge in [-0.25, -0.2) is 22.9 Å². The number of nitrogens with zero attached hydrogens (tertiary/aromatic N) is 6. The second kappa shape index (κ2) is 6.31. The molecule has 4 rings (SSSR count). The summed E-state index contributed by atoms with van der Waals surface area (Å²) in [5, 5.41) is 7.88. The summed E-state index contributed by atoms with van der Waals surface area (Å²) >= 11 is 6.14. The summed E-state index contributed by atoms with van der Waals surface area (Å²) in [6.45, 7) is 3.16. The van der Waals surface area contributed by atoms with E-state index in [1.54, 1.807) is 19.3 Å². The van der Waals surface area contributed by atoms with Gasteiger partial charge in [-0.3, -0.25) is 0 Å². The smallest absolute Gasteiger partial charge is 0.246 e. The minimum Gasteiger partial charge on any atom is -0.337 e. The molecule has 4 heterocycles. The number of aromatic nitrogens is 5. The molecule has 0 spiro atoms. The Labute approximate surface area is 155 Å². The molecule has 1 aliphatic rings. The molecule has 9 nitrogen and oxygen atoms in total. The van der Waals surface area contributed by atoms with Crippen LogP contribution >= 0.6 is 11.6 Å². The number of hydrogen-bond donors (Lipinski definition) is 1. The van der Waals surface area contributed by atoms with Gasteiger partial charge in [0.25, 0.3) is 0 Å². The Hall–Kier alpha value is -2.01. The third-order valence-electron chi connectivity index (χ3n) is 4.51. The Morgan fingerprint density at radius 3 is 2.88 bits per heavy atom. The van der Waals surface area contributed by atoms with Crippen LogP contribution in [-0.2, 0) is 17.1 Å². The van der Waals surface area contributed by atoms with Crippen molar-refractivity contribution >= 4 is 27.3 Å². The van der Waals surface area contributed by atoms with Crippen LogP contribution in [0.3, 0.4) is 0 Å². The minimum atomic E-state index is -3.78. The molecule has 0 amide bonds. The second-order valence-corrected chi connectivity index (χ2v) is 8.46. The number of piperazine rings is 1. The quantitative estimate of drug-likeness (QED) is 0.703.